The SMILES string of the molecule is Cc1c(Cl)cccc1-c1nc(OCC(F)(F)F)c(S(N)(=O)=O)c(OCC(F)(F)F)n1. The van der Waals surface area contributed by atoms with Gasteiger partial charge in [-0.05, 0) is 18.6 Å². The second-order valence-corrected chi connectivity index (χ2v) is 7.66. The third-order valence-electron chi connectivity index (χ3n) is 3.34. The Balaban J connectivity index is 2.74. The first-order chi connectivity index (χ1) is 13.6. The predicted octanol–water partition coefficient (Wildman–Crippen LogP) is 3.64. The maximum atomic E-state index is 12.6. The number of primary sulfonamides is 1. The van der Waals surface area contributed by atoms with E-state index in [1.165, 1.54) is 25.1 Å². The second kappa shape index (κ2) is 8.43. The van der Waals surface area contributed by atoms with E-state index in [1.54, 1.807) is 0 Å². The van der Waals surface area contributed by atoms with Gasteiger partial charge in [0.1, 0.15) is 0 Å². The first-order valence-electron chi connectivity index (χ1n) is 7.68. The summed E-state index contributed by atoms with van der Waals surface area (Å²) in [4.78, 5) is 5.85. The summed E-state index contributed by atoms with van der Waals surface area (Å²) < 4.78 is 108. The monoisotopic (exact) mass is 479 g/mol. The lowest BCUT2D eigenvalue weighted by molar-refractivity contribution is -0.155. The van der Waals surface area contributed by atoms with Crippen LogP contribution >= 0.6 is 11.6 Å². The first kappa shape index (κ1) is 24.0. The molecule has 166 valence electrons. The van der Waals surface area contributed by atoms with Gasteiger partial charge in [-0.3, -0.25) is 0 Å². The Kier molecular flexibility index (Phi) is 6.73. The van der Waals surface area contributed by atoms with Gasteiger partial charge in [0.2, 0.25) is 26.7 Å². The normalized spacial score (nSPS) is 12.7. The van der Waals surface area contributed by atoms with E-state index in [1.807, 2.05) is 0 Å². The molecule has 0 spiro atoms. The molecule has 15 heteroatoms. The molecule has 0 unspecified atom stereocenters. The lowest BCUT2D eigenvalue weighted by Gasteiger charge is -2.17. The van der Waals surface area contributed by atoms with Gasteiger partial charge in [0.05, 0.1) is 0 Å². The molecular formula is C15H12ClF6N3O4S. The van der Waals surface area contributed by atoms with Crippen molar-refractivity contribution in [2.45, 2.75) is 24.2 Å². The zero-order valence-electron chi connectivity index (χ0n) is 14.8. The number of benzene rings is 1. The maximum Gasteiger partial charge on any atom is 0.422 e. The van der Waals surface area contributed by atoms with Gasteiger partial charge in [-0.1, -0.05) is 23.7 Å². The third-order valence-corrected chi connectivity index (χ3v) is 4.67. The highest BCUT2D eigenvalue weighted by molar-refractivity contribution is 7.89. The van der Waals surface area contributed by atoms with E-state index in [2.05, 4.69) is 19.4 Å². The molecule has 2 rings (SSSR count). The average Bonchev–Trinajstić information content (AvgIpc) is 2.57. The highest BCUT2D eigenvalue weighted by Gasteiger charge is 2.35. The van der Waals surface area contributed by atoms with Crippen molar-refractivity contribution < 1.29 is 44.2 Å². The van der Waals surface area contributed by atoms with Crippen LogP contribution in [-0.4, -0.2) is 44.0 Å². The molecule has 0 bridgehead atoms. The molecule has 0 radical (unpaired) electrons. The molecule has 0 saturated heterocycles. The molecule has 30 heavy (non-hydrogen) atoms. The van der Waals surface area contributed by atoms with Crippen LogP contribution in [0.3, 0.4) is 0 Å². The van der Waals surface area contributed by atoms with Crippen molar-refractivity contribution >= 4 is 21.6 Å². The Morgan fingerprint density at radius 1 is 1.00 bits per heavy atom. The van der Waals surface area contributed by atoms with Crippen LogP contribution in [-0.2, 0) is 10.0 Å². The standard InChI is InChI=1S/C15H12ClF6N3O4S/c1-7-8(3-2-4-9(7)16)11-24-12(28-5-14(17,18)19)10(30(23,26)27)13(25-11)29-6-15(20,21)22/h2-4H,5-6H2,1H3,(H2,23,26,27). The lowest BCUT2D eigenvalue weighted by atomic mass is 10.1. The van der Waals surface area contributed by atoms with Crippen LogP contribution in [0.15, 0.2) is 23.1 Å². The highest BCUT2D eigenvalue weighted by atomic mass is 35.5. The number of ether oxygens (including phenoxy) is 2. The Morgan fingerprint density at radius 2 is 1.47 bits per heavy atom. The molecule has 7 nitrogen and oxygen atoms in total. The van der Waals surface area contributed by atoms with E-state index < -0.39 is 58.1 Å². The van der Waals surface area contributed by atoms with Crippen LogP contribution in [0.5, 0.6) is 11.8 Å². The van der Waals surface area contributed by atoms with Gasteiger partial charge in [0.25, 0.3) is 0 Å². The predicted molar refractivity (Wildman–Crippen MR) is 91.7 cm³/mol. The molecule has 1 aromatic heterocycles. The van der Waals surface area contributed by atoms with Gasteiger partial charge in [-0.2, -0.15) is 36.3 Å². The van der Waals surface area contributed by atoms with Crippen molar-refractivity contribution in [3.63, 3.8) is 0 Å². The topological polar surface area (TPSA) is 104 Å². The fraction of sp³-hybridized carbons (Fsp3) is 0.333. The number of hydrogen-bond acceptors (Lipinski definition) is 6. The fourth-order valence-corrected chi connectivity index (χ4v) is 2.99. The first-order valence-corrected chi connectivity index (χ1v) is 9.60. The Hall–Kier alpha value is -2.32. The van der Waals surface area contributed by atoms with Crippen molar-refractivity contribution in [3.05, 3.63) is 28.8 Å². The van der Waals surface area contributed by atoms with E-state index in [-0.39, 0.29) is 10.6 Å². The van der Waals surface area contributed by atoms with E-state index in [0.29, 0.717) is 5.56 Å². The summed E-state index contributed by atoms with van der Waals surface area (Å²) in [5, 5.41) is 5.11. The summed E-state index contributed by atoms with van der Waals surface area (Å²) in [7, 11) is -4.95. The zero-order chi connectivity index (χ0) is 22.9. The summed E-state index contributed by atoms with van der Waals surface area (Å²) in [6.07, 6.45) is -9.83. The Labute approximate surface area is 170 Å². The van der Waals surface area contributed by atoms with Gasteiger partial charge < -0.3 is 9.47 Å². The van der Waals surface area contributed by atoms with E-state index in [4.69, 9.17) is 16.7 Å². The molecule has 0 aliphatic heterocycles. The minimum atomic E-state index is -4.95. The molecule has 0 atom stereocenters. The lowest BCUT2D eigenvalue weighted by Crippen LogP contribution is -2.25. The molecule has 0 aliphatic rings. The fourth-order valence-electron chi connectivity index (χ4n) is 2.12. The van der Waals surface area contributed by atoms with Crippen LogP contribution in [0.1, 0.15) is 5.56 Å². The molecule has 2 aromatic rings. The molecular weight excluding hydrogens is 468 g/mol. The van der Waals surface area contributed by atoms with Crippen LogP contribution in [0, 0.1) is 6.92 Å². The van der Waals surface area contributed by atoms with Crippen molar-refractivity contribution in [3.8, 4) is 23.1 Å². The van der Waals surface area contributed by atoms with Gasteiger partial charge >= 0.3 is 12.4 Å². The summed E-state index contributed by atoms with van der Waals surface area (Å²) in [6, 6.07) is 4.23. The molecule has 1 aromatic carbocycles. The van der Waals surface area contributed by atoms with Gasteiger partial charge in [-0.25, -0.2) is 13.6 Å². The molecule has 1 heterocycles. The van der Waals surface area contributed by atoms with Gasteiger partial charge in [0.15, 0.2) is 19.0 Å². The quantitative estimate of drug-likeness (QED) is 0.634. The average molecular weight is 480 g/mol. The van der Waals surface area contributed by atoms with Crippen LogP contribution in [0.4, 0.5) is 26.3 Å². The van der Waals surface area contributed by atoms with Gasteiger partial charge in [0, 0.05) is 10.6 Å². The number of nitrogens with two attached hydrogens (primary N) is 1. The second-order valence-electron chi connectivity index (χ2n) is 5.75. The molecule has 0 fully saturated rings. The number of rotatable bonds is 6. The summed E-state index contributed by atoms with van der Waals surface area (Å²) in [5.41, 5.74) is 0.392. The van der Waals surface area contributed by atoms with Crippen molar-refractivity contribution in [2.75, 3.05) is 13.2 Å². The van der Waals surface area contributed by atoms with Crippen LogP contribution in [0.25, 0.3) is 11.4 Å². The minimum absolute atomic E-state index is 0.0807. The molecule has 0 aliphatic carbocycles. The number of hydrogen-bond donors (Lipinski definition) is 1. The Morgan fingerprint density at radius 3 is 1.87 bits per heavy atom. The van der Waals surface area contributed by atoms with Gasteiger partial charge in [-0.15, -0.1) is 0 Å². The molecule has 0 saturated carbocycles. The number of alkyl halides is 6. The summed E-state index contributed by atoms with van der Waals surface area (Å²) in [5.74, 6) is -2.94. The molecule has 0 amide bonds. The Bertz CT molecular complexity index is 1000. The highest BCUT2D eigenvalue weighted by Crippen LogP contribution is 2.35. The van der Waals surface area contributed by atoms with Crippen molar-refractivity contribution in [1.82, 2.24) is 9.97 Å². The largest absolute Gasteiger partial charge is 0.467 e. The minimum Gasteiger partial charge on any atom is -0.467 e. The zero-order valence-corrected chi connectivity index (χ0v) is 16.4. The summed E-state index contributed by atoms with van der Waals surface area (Å²) >= 11 is 5.96. The number of sulfonamides is 1. The third kappa shape index (κ3) is 6.34. The number of nitrogens with zero attached hydrogens (tertiary/aromatic N) is 2. The smallest absolute Gasteiger partial charge is 0.422 e. The van der Waals surface area contributed by atoms with Crippen LogP contribution in [0.2, 0.25) is 5.02 Å². The van der Waals surface area contributed by atoms with E-state index in [9.17, 15) is 34.8 Å². The summed E-state index contributed by atoms with van der Waals surface area (Å²) in [6.45, 7) is -2.53. The van der Waals surface area contributed by atoms with E-state index >= 15 is 0 Å². The van der Waals surface area contributed by atoms with Crippen LogP contribution < -0.4 is 14.6 Å². The van der Waals surface area contributed by atoms with E-state index in [0.717, 1.165) is 0 Å². The number of halogens is 7. The molecule has 2 N–H and O–H groups in total. The van der Waals surface area contributed by atoms with Crippen molar-refractivity contribution in [2.24, 2.45) is 5.14 Å². The number of aromatic nitrogens is 2. The van der Waals surface area contributed by atoms with Crippen molar-refractivity contribution in [1.29, 1.82) is 0 Å². The maximum absolute atomic E-state index is 12.6.